The molecule has 0 unspecified atom stereocenters. The summed E-state index contributed by atoms with van der Waals surface area (Å²) < 4.78 is 0. The highest BCUT2D eigenvalue weighted by molar-refractivity contribution is 6.59. The number of aromatic nitrogens is 1. The maximum atomic E-state index is 3.38. The van der Waals surface area contributed by atoms with Gasteiger partial charge in [-0.15, -0.1) is 0 Å². The minimum Gasteiger partial charge on any atom is -0.355 e. The number of benzene rings is 5. The molecule has 197 valence electrons. The molecular formula is C36H39N2Si. The molecule has 1 aromatic heterocycles. The van der Waals surface area contributed by atoms with Crippen LogP contribution in [0.1, 0.15) is 20.8 Å². The number of aromatic amines is 1. The molecule has 0 aliphatic carbocycles. The number of H-pyrrole nitrogens is 1. The largest absolute Gasteiger partial charge is 0.355 e. The van der Waals surface area contributed by atoms with Gasteiger partial charge >= 0.3 is 0 Å². The zero-order valence-corrected chi connectivity index (χ0v) is 24.7. The van der Waals surface area contributed by atoms with Crippen molar-refractivity contribution in [1.29, 1.82) is 0 Å². The normalized spacial score (nSPS) is 10.9. The van der Waals surface area contributed by atoms with Gasteiger partial charge in [0.2, 0.25) is 0 Å². The van der Waals surface area contributed by atoms with E-state index in [1.807, 2.05) is 18.2 Å². The Morgan fingerprint density at radius 3 is 1.05 bits per heavy atom. The molecule has 0 saturated carbocycles. The minimum atomic E-state index is -0.0502. The van der Waals surface area contributed by atoms with Crippen molar-refractivity contribution in [2.75, 3.05) is 4.90 Å². The Labute approximate surface area is 235 Å². The van der Waals surface area contributed by atoms with E-state index in [-0.39, 0.29) is 8.80 Å². The Balaban J connectivity index is 0.000000152. The molecule has 39 heavy (non-hydrogen) atoms. The van der Waals surface area contributed by atoms with Gasteiger partial charge in [0.15, 0.2) is 0 Å². The zero-order valence-electron chi connectivity index (χ0n) is 23.7. The molecule has 0 saturated heterocycles. The Morgan fingerprint density at radius 2 is 0.744 bits per heavy atom. The third-order valence-corrected chi connectivity index (χ3v) is 9.96. The average molecular weight is 528 g/mol. The van der Waals surface area contributed by atoms with E-state index in [1.54, 1.807) is 0 Å². The van der Waals surface area contributed by atoms with Crippen molar-refractivity contribution in [2.45, 2.75) is 38.9 Å². The fraction of sp³-hybridized carbons (Fsp3) is 0.167. The van der Waals surface area contributed by atoms with Gasteiger partial charge in [-0.3, -0.25) is 0 Å². The molecule has 0 amide bonds. The summed E-state index contributed by atoms with van der Waals surface area (Å²) >= 11 is 0. The standard InChI is InChI=1S/C18H15N.C12H9N.C6H15Si/c1-4-10-16(11-5-1)19(17-12-6-2-7-13-17)18-14-8-3-9-15-18;1-3-7-11-9(5-1)10-6-2-4-8-12(10)13-11;1-6(2,3)7(4)5/h1-15H;1-8,13H;1-5H3. The number of hydrogen-bond donors (Lipinski definition) is 1. The fourth-order valence-corrected chi connectivity index (χ4v) is 3.98. The van der Waals surface area contributed by atoms with Crippen LogP contribution in [0.3, 0.4) is 0 Å². The smallest absolute Gasteiger partial charge is 0.0470 e. The highest BCUT2D eigenvalue weighted by Gasteiger charge is 2.15. The molecule has 1 heterocycles. The number of para-hydroxylation sites is 5. The van der Waals surface area contributed by atoms with Gasteiger partial charge in [0.25, 0.3) is 0 Å². The van der Waals surface area contributed by atoms with Crippen LogP contribution in [0.5, 0.6) is 0 Å². The maximum Gasteiger partial charge on any atom is 0.0470 e. The molecule has 6 aromatic rings. The van der Waals surface area contributed by atoms with Gasteiger partial charge < -0.3 is 9.88 Å². The van der Waals surface area contributed by atoms with Gasteiger partial charge in [-0.25, -0.2) is 0 Å². The van der Waals surface area contributed by atoms with Crippen LogP contribution in [0.4, 0.5) is 17.1 Å². The van der Waals surface area contributed by atoms with Crippen LogP contribution in [-0.4, -0.2) is 13.8 Å². The van der Waals surface area contributed by atoms with Gasteiger partial charge in [0, 0.05) is 47.7 Å². The third-order valence-electron chi connectivity index (χ3n) is 6.96. The summed E-state index contributed by atoms with van der Waals surface area (Å²) in [6.45, 7) is 11.6. The first-order valence-electron chi connectivity index (χ1n) is 13.6. The number of anilines is 3. The van der Waals surface area contributed by atoms with Crippen molar-refractivity contribution in [3.63, 3.8) is 0 Å². The van der Waals surface area contributed by atoms with E-state index in [2.05, 4.69) is 165 Å². The summed E-state index contributed by atoms with van der Waals surface area (Å²) in [5, 5.41) is 3.21. The lowest BCUT2D eigenvalue weighted by molar-refractivity contribution is 0.742. The Bertz CT molecular complexity index is 1410. The van der Waals surface area contributed by atoms with E-state index in [4.69, 9.17) is 0 Å². The summed E-state index contributed by atoms with van der Waals surface area (Å²) in [6, 6.07) is 48.0. The monoisotopic (exact) mass is 527 g/mol. The van der Waals surface area contributed by atoms with E-state index in [0.29, 0.717) is 5.04 Å². The van der Waals surface area contributed by atoms with Gasteiger partial charge in [-0.05, 0) is 53.6 Å². The molecule has 0 fully saturated rings. The Kier molecular flexibility index (Phi) is 9.40. The molecule has 0 bridgehead atoms. The molecule has 0 spiro atoms. The van der Waals surface area contributed by atoms with Crippen LogP contribution in [0.15, 0.2) is 140 Å². The van der Waals surface area contributed by atoms with Crippen molar-refractivity contribution < 1.29 is 0 Å². The second-order valence-electron chi connectivity index (χ2n) is 10.8. The van der Waals surface area contributed by atoms with Crippen molar-refractivity contribution in [2.24, 2.45) is 0 Å². The molecule has 1 radical (unpaired) electrons. The Morgan fingerprint density at radius 1 is 0.462 bits per heavy atom. The summed E-state index contributed by atoms with van der Waals surface area (Å²) in [5.41, 5.74) is 5.92. The molecule has 3 heteroatoms. The van der Waals surface area contributed by atoms with Crippen molar-refractivity contribution in [3.05, 3.63) is 140 Å². The number of nitrogens with one attached hydrogen (secondary N) is 1. The first kappa shape index (κ1) is 27.9. The fourth-order valence-electron chi connectivity index (χ4n) is 3.98. The third kappa shape index (κ3) is 7.49. The molecule has 6 rings (SSSR count). The molecule has 0 aliphatic rings. The van der Waals surface area contributed by atoms with Crippen LogP contribution < -0.4 is 4.90 Å². The van der Waals surface area contributed by atoms with Gasteiger partial charge in [-0.2, -0.15) is 0 Å². The minimum absolute atomic E-state index is 0.0502. The summed E-state index contributed by atoms with van der Waals surface area (Å²) in [5.74, 6) is 0. The molecule has 1 N–H and O–H groups in total. The van der Waals surface area contributed by atoms with Crippen LogP contribution in [-0.2, 0) is 0 Å². The van der Waals surface area contributed by atoms with E-state index >= 15 is 0 Å². The molecule has 0 atom stereocenters. The SMILES string of the molecule is C[Si](C)C(C)(C)C.c1ccc(N(c2ccccc2)c2ccccc2)cc1.c1ccc2c(c1)[nH]c1ccccc12. The van der Waals surface area contributed by atoms with E-state index in [1.165, 1.54) is 38.9 Å². The predicted molar refractivity (Wildman–Crippen MR) is 174 cm³/mol. The highest BCUT2D eigenvalue weighted by atomic mass is 28.3. The average Bonchev–Trinajstić information content (AvgIpc) is 3.34. The highest BCUT2D eigenvalue weighted by Crippen LogP contribution is 2.33. The van der Waals surface area contributed by atoms with E-state index in [0.717, 1.165) is 0 Å². The van der Waals surface area contributed by atoms with Crippen LogP contribution in [0.2, 0.25) is 18.1 Å². The zero-order chi connectivity index (χ0) is 27.7. The summed E-state index contributed by atoms with van der Waals surface area (Å²) in [4.78, 5) is 5.63. The second-order valence-corrected chi connectivity index (χ2v) is 14.3. The Hall–Kier alpha value is -4.08. The molecule has 2 nitrogen and oxygen atoms in total. The first-order chi connectivity index (χ1) is 18.8. The van der Waals surface area contributed by atoms with Crippen LogP contribution in [0.25, 0.3) is 21.8 Å². The number of fused-ring (bicyclic) bond motifs is 3. The lowest BCUT2D eigenvalue weighted by Crippen LogP contribution is -2.16. The summed E-state index contributed by atoms with van der Waals surface area (Å²) in [7, 11) is -0.0502. The number of hydrogen-bond acceptors (Lipinski definition) is 1. The predicted octanol–water partition coefficient (Wildman–Crippen LogP) is 11.0. The lowest BCUT2D eigenvalue weighted by atomic mass is 10.2. The molecule has 5 aromatic carbocycles. The van der Waals surface area contributed by atoms with Crippen LogP contribution >= 0.6 is 0 Å². The van der Waals surface area contributed by atoms with Gasteiger partial charge in [0.05, 0.1) is 0 Å². The van der Waals surface area contributed by atoms with Crippen molar-refractivity contribution in [1.82, 2.24) is 4.98 Å². The summed E-state index contributed by atoms with van der Waals surface area (Å²) in [6.07, 6.45) is 0. The van der Waals surface area contributed by atoms with Crippen molar-refractivity contribution in [3.8, 4) is 0 Å². The lowest BCUT2D eigenvalue weighted by Gasteiger charge is -2.25. The van der Waals surface area contributed by atoms with Gasteiger partial charge in [-0.1, -0.05) is 125 Å². The first-order valence-corrected chi connectivity index (χ1v) is 16.1. The quantitative estimate of drug-likeness (QED) is 0.227. The number of rotatable bonds is 3. The van der Waals surface area contributed by atoms with E-state index in [9.17, 15) is 0 Å². The van der Waals surface area contributed by atoms with E-state index < -0.39 is 0 Å². The topological polar surface area (TPSA) is 19.0 Å². The van der Waals surface area contributed by atoms with Gasteiger partial charge in [0.1, 0.15) is 0 Å². The molecule has 0 aliphatic heterocycles. The maximum absolute atomic E-state index is 3.38. The van der Waals surface area contributed by atoms with Crippen molar-refractivity contribution >= 4 is 47.7 Å². The second kappa shape index (κ2) is 13.1. The van der Waals surface area contributed by atoms with Crippen LogP contribution in [0, 0.1) is 0 Å². The molecular weight excluding hydrogens is 488 g/mol. The number of nitrogens with zero attached hydrogens (tertiary/aromatic N) is 1.